The molecule has 23 heavy (non-hydrogen) atoms. The minimum atomic E-state index is 1.04. The first-order valence-corrected chi connectivity index (χ1v) is 9.54. The highest BCUT2D eigenvalue weighted by atomic mass is 32.2. The highest BCUT2D eigenvalue weighted by Crippen LogP contribution is 2.33. The van der Waals surface area contributed by atoms with Gasteiger partial charge in [-0.2, -0.15) is 0 Å². The summed E-state index contributed by atoms with van der Waals surface area (Å²) in [4.78, 5) is 7.45. The lowest BCUT2D eigenvalue weighted by molar-refractivity contribution is 1.35. The molecule has 112 valence electrons. The molecule has 2 aromatic carbocycles. The Morgan fingerprint density at radius 2 is 1.74 bits per heavy atom. The molecule has 0 aliphatic rings. The van der Waals surface area contributed by atoms with Crippen molar-refractivity contribution in [2.75, 3.05) is 6.26 Å². The van der Waals surface area contributed by atoms with E-state index in [-0.39, 0.29) is 0 Å². The van der Waals surface area contributed by atoms with E-state index < -0.39 is 0 Å². The number of thiophene rings is 1. The van der Waals surface area contributed by atoms with Crippen LogP contribution >= 0.6 is 23.1 Å². The maximum Gasteiger partial charge on any atom is 0.0815 e. The van der Waals surface area contributed by atoms with Gasteiger partial charge in [-0.3, -0.25) is 0 Å². The van der Waals surface area contributed by atoms with Crippen molar-refractivity contribution in [3.05, 3.63) is 72.1 Å². The van der Waals surface area contributed by atoms with Gasteiger partial charge in [-0.1, -0.05) is 42.5 Å². The van der Waals surface area contributed by atoms with Crippen LogP contribution in [-0.4, -0.2) is 11.2 Å². The van der Waals surface area contributed by atoms with Gasteiger partial charge in [0, 0.05) is 15.8 Å². The van der Waals surface area contributed by atoms with Gasteiger partial charge >= 0.3 is 0 Å². The zero-order chi connectivity index (χ0) is 15.6. The van der Waals surface area contributed by atoms with E-state index in [0.29, 0.717) is 0 Å². The normalized spacial score (nSPS) is 11.0. The summed E-state index contributed by atoms with van der Waals surface area (Å²) in [6.07, 6.45) is 2.10. The summed E-state index contributed by atoms with van der Waals surface area (Å²) < 4.78 is 0. The Hall–Kier alpha value is -2.10. The molecule has 0 aliphatic heterocycles. The second kappa shape index (κ2) is 6.19. The summed E-state index contributed by atoms with van der Waals surface area (Å²) in [5.74, 6) is 0. The molecule has 1 nitrogen and oxygen atoms in total. The average Bonchev–Trinajstić information content (AvgIpc) is 3.15. The Bertz CT molecular complexity index is 941. The molecule has 0 amide bonds. The monoisotopic (exact) mass is 333 g/mol. The lowest BCUT2D eigenvalue weighted by atomic mass is 10.0. The molecule has 2 heterocycles. The third-order valence-electron chi connectivity index (χ3n) is 3.88. The lowest BCUT2D eigenvalue weighted by Gasteiger charge is -2.09. The molecule has 0 fully saturated rings. The van der Waals surface area contributed by atoms with Crippen LogP contribution in [0.1, 0.15) is 0 Å². The number of thioether (sulfide) groups is 1. The quantitative estimate of drug-likeness (QED) is 0.405. The zero-order valence-corrected chi connectivity index (χ0v) is 14.3. The Balaban J connectivity index is 1.96. The lowest BCUT2D eigenvalue weighted by Crippen LogP contribution is -1.90. The topological polar surface area (TPSA) is 12.9 Å². The molecule has 4 aromatic rings. The molecule has 2 aromatic heterocycles. The SMILES string of the molecule is CSc1ccc(-c2nc(-c3cccs3)cc3ccccc23)cc1. The highest BCUT2D eigenvalue weighted by Gasteiger charge is 2.10. The van der Waals surface area contributed by atoms with Crippen LogP contribution in [-0.2, 0) is 0 Å². The molecule has 0 spiro atoms. The van der Waals surface area contributed by atoms with Crippen LogP contribution in [0.25, 0.3) is 32.6 Å². The number of aromatic nitrogens is 1. The number of benzene rings is 2. The maximum absolute atomic E-state index is 4.97. The predicted molar refractivity (Wildman–Crippen MR) is 102 cm³/mol. The molecule has 0 saturated heterocycles. The first kappa shape index (κ1) is 14.5. The van der Waals surface area contributed by atoms with Gasteiger partial charge in [0.25, 0.3) is 0 Å². The number of fused-ring (bicyclic) bond motifs is 1. The van der Waals surface area contributed by atoms with E-state index in [4.69, 9.17) is 4.98 Å². The molecule has 0 saturated carbocycles. The molecular formula is C20H15NS2. The summed E-state index contributed by atoms with van der Waals surface area (Å²) in [5.41, 5.74) is 3.26. The molecule has 0 radical (unpaired) electrons. The van der Waals surface area contributed by atoms with Gasteiger partial charge in [-0.05, 0) is 41.3 Å². The van der Waals surface area contributed by atoms with Crippen molar-refractivity contribution < 1.29 is 0 Å². The van der Waals surface area contributed by atoms with Gasteiger partial charge in [-0.15, -0.1) is 23.1 Å². The van der Waals surface area contributed by atoms with Crippen LogP contribution in [0, 0.1) is 0 Å². The largest absolute Gasteiger partial charge is 0.246 e. The van der Waals surface area contributed by atoms with E-state index in [2.05, 4.69) is 78.4 Å². The van der Waals surface area contributed by atoms with E-state index in [9.17, 15) is 0 Å². The molecule has 4 rings (SSSR count). The second-order valence-electron chi connectivity index (χ2n) is 5.28. The maximum atomic E-state index is 4.97. The molecule has 0 N–H and O–H groups in total. The molecular weight excluding hydrogens is 318 g/mol. The first-order chi connectivity index (χ1) is 11.3. The number of pyridine rings is 1. The van der Waals surface area contributed by atoms with Gasteiger partial charge in [0.05, 0.1) is 16.3 Å². The van der Waals surface area contributed by atoms with Crippen LogP contribution in [0.5, 0.6) is 0 Å². The van der Waals surface area contributed by atoms with Crippen molar-refractivity contribution in [3.8, 4) is 21.8 Å². The predicted octanol–water partition coefficient (Wildman–Crippen LogP) is 6.35. The van der Waals surface area contributed by atoms with Crippen molar-refractivity contribution in [2.45, 2.75) is 4.90 Å². The van der Waals surface area contributed by atoms with Gasteiger partial charge in [-0.25, -0.2) is 4.98 Å². The smallest absolute Gasteiger partial charge is 0.0815 e. The summed E-state index contributed by atoms with van der Waals surface area (Å²) >= 11 is 3.49. The number of rotatable bonds is 3. The van der Waals surface area contributed by atoms with E-state index in [1.807, 2.05) is 0 Å². The number of nitrogens with zero attached hydrogens (tertiary/aromatic N) is 1. The van der Waals surface area contributed by atoms with Crippen molar-refractivity contribution in [3.63, 3.8) is 0 Å². The van der Waals surface area contributed by atoms with Crippen LogP contribution < -0.4 is 0 Å². The molecule has 0 bridgehead atoms. The zero-order valence-electron chi connectivity index (χ0n) is 12.7. The summed E-state index contributed by atoms with van der Waals surface area (Å²) in [6, 6.07) is 23.5. The van der Waals surface area contributed by atoms with E-state index in [1.165, 1.54) is 20.5 Å². The minimum Gasteiger partial charge on any atom is -0.246 e. The minimum absolute atomic E-state index is 1.04. The van der Waals surface area contributed by atoms with Gasteiger partial charge < -0.3 is 0 Å². The van der Waals surface area contributed by atoms with Crippen molar-refractivity contribution >= 4 is 33.9 Å². The van der Waals surface area contributed by atoms with Crippen molar-refractivity contribution in [2.24, 2.45) is 0 Å². The standard InChI is InChI=1S/C20H15NS2/c1-22-16-10-8-14(9-11-16)20-17-6-3-2-5-15(17)13-18(21-20)19-7-4-12-23-19/h2-13H,1H3. The highest BCUT2D eigenvalue weighted by molar-refractivity contribution is 7.98. The van der Waals surface area contributed by atoms with E-state index >= 15 is 0 Å². The second-order valence-corrected chi connectivity index (χ2v) is 7.11. The van der Waals surface area contributed by atoms with Crippen molar-refractivity contribution in [1.82, 2.24) is 4.98 Å². The summed E-state index contributed by atoms with van der Waals surface area (Å²) in [6.45, 7) is 0. The Labute approximate surface area is 144 Å². The Morgan fingerprint density at radius 3 is 2.48 bits per heavy atom. The fourth-order valence-electron chi connectivity index (χ4n) is 2.72. The number of hydrogen-bond acceptors (Lipinski definition) is 3. The fraction of sp³-hybridized carbons (Fsp3) is 0.0500. The fourth-order valence-corrected chi connectivity index (χ4v) is 3.81. The van der Waals surface area contributed by atoms with Gasteiger partial charge in [0.1, 0.15) is 0 Å². The molecule has 3 heteroatoms. The van der Waals surface area contributed by atoms with E-state index in [1.54, 1.807) is 23.1 Å². The summed E-state index contributed by atoms with van der Waals surface area (Å²) in [7, 11) is 0. The third-order valence-corrected chi connectivity index (χ3v) is 5.51. The third kappa shape index (κ3) is 2.78. The molecule has 0 aliphatic carbocycles. The summed E-state index contributed by atoms with van der Waals surface area (Å²) in [5, 5.41) is 4.53. The molecule has 0 unspecified atom stereocenters. The van der Waals surface area contributed by atoms with Gasteiger partial charge in [0.2, 0.25) is 0 Å². The number of hydrogen-bond donors (Lipinski definition) is 0. The van der Waals surface area contributed by atoms with Crippen LogP contribution in [0.15, 0.2) is 77.0 Å². The first-order valence-electron chi connectivity index (χ1n) is 7.43. The Kier molecular flexibility index (Phi) is 3.90. The molecule has 0 atom stereocenters. The van der Waals surface area contributed by atoms with E-state index in [0.717, 1.165) is 17.0 Å². The van der Waals surface area contributed by atoms with Crippen LogP contribution in [0.4, 0.5) is 0 Å². The Morgan fingerprint density at radius 1 is 0.913 bits per heavy atom. The van der Waals surface area contributed by atoms with Crippen molar-refractivity contribution in [1.29, 1.82) is 0 Å². The van der Waals surface area contributed by atoms with Crippen LogP contribution in [0.3, 0.4) is 0 Å². The van der Waals surface area contributed by atoms with Crippen LogP contribution in [0.2, 0.25) is 0 Å². The van der Waals surface area contributed by atoms with Gasteiger partial charge in [0.15, 0.2) is 0 Å². The average molecular weight is 333 g/mol.